The molecule has 24 heavy (non-hydrogen) atoms. The Labute approximate surface area is 182 Å². The summed E-state index contributed by atoms with van der Waals surface area (Å²) in [6.45, 7) is -0.385. The SMILES string of the molecule is Cn1cc(-c2ccc(NC(=O)N(CC(=O)[O-])C3CC3)cc2)cn1.[K+]. The zero-order valence-corrected chi connectivity index (χ0v) is 16.9. The average Bonchev–Trinajstić information content (AvgIpc) is 3.26. The van der Waals surface area contributed by atoms with Gasteiger partial charge in [-0.15, -0.1) is 0 Å². The van der Waals surface area contributed by atoms with Gasteiger partial charge < -0.3 is 20.1 Å². The van der Waals surface area contributed by atoms with Gasteiger partial charge in [0.2, 0.25) is 0 Å². The minimum Gasteiger partial charge on any atom is -0.548 e. The van der Waals surface area contributed by atoms with Gasteiger partial charge in [-0.05, 0) is 30.5 Å². The van der Waals surface area contributed by atoms with Crippen LogP contribution >= 0.6 is 0 Å². The number of hydrogen-bond acceptors (Lipinski definition) is 4. The summed E-state index contributed by atoms with van der Waals surface area (Å²) in [7, 11) is 1.85. The first-order chi connectivity index (χ1) is 11.0. The summed E-state index contributed by atoms with van der Waals surface area (Å²) in [6, 6.07) is 6.92. The third-order valence-electron chi connectivity index (χ3n) is 3.72. The van der Waals surface area contributed by atoms with Crippen LogP contribution < -0.4 is 61.8 Å². The van der Waals surface area contributed by atoms with Crippen molar-refractivity contribution in [2.75, 3.05) is 11.9 Å². The molecule has 0 atom stereocenters. The molecule has 0 spiro atoms. The monoisotopic (exact) mass is 352 g/mol. The number of carbonyl (C=O) groups is 2. The summed E-state index contributed by atoms with van der Waals surface area (Å²) in [5.74, 6) is -1.25. The van der Waals surface area contributed by atoms with Crippen LogP contribution in [0, 0.1) is 0 Å². The van der Waals surface area contributed by atoms with Crippen molar-refractivity contribution in [3.63, 3.8) is 0 Å². The molecule has 1 heterocycles. The molecular weight excluding hydrogens is 335 g/mol. The molecule has 1 saturated carbocycles. The second-order valence-electron chi connectivity index (χ2n) is 5.64. The van der Waals surface area contributed by atoms with Crippen molar-refractivity contribution in [1.82, 2.24) is 14.7 Å². The maximum atomic E-state index is 12.2. The van der Waals surface area contributed by atoms with Crippen molar-refractivity contribution in [3.8, 4) is 11.1 Å². The first kappa shape index (κ1) is 19.1. The van der Waals surface area contributed by atoms with Crippen LogP contribution in [0.2, 0.25) is 0 Å². The molecule has 1 aromatic carbocycles. The standard InChI is InChI=1S/C16H18N4O3.K/c1-19-9-12(8-17-19)11-2-4-13(5-3-11)18-16(23)20(10-15(21)22)14-6-7-14;/h2-5,8-9,14H,6-7,10H2,1H3,(H,18,23)(H,21,22);/q;+1/p-1. The molecule has 3 rings (SSSR count). The van der Waals surface area contributed by atoms with E-state index < -0.39 is 12.0 Å². The normalized spacial score (nSPS) is 13.0. The maximum absolute atomic E-state index is 12.2. The topological polar surface area (TPSA) is 90.3 Å². The Morgan fingerprint density at radius 1 is 1.29 bits per heavy atom. The van der Waals surface area contributed by atoms with Gasteiger partial charge in [-0.3, -0.25) is 4.68 Å². The smallest absolute Gasteiger partial charge is 0.548 e. The molecule has 0 radical (unpaired) electrons. The fourth-order valence-corrected chi connectivity index (χ4v) is 2.40. The fourth-order valence-electron chi connectivity index (χ4n) is 2.40. The van der Waals surface area contributed by atoms with Gasteiger partial charge in [-0.2, -0.15) is 5.10 Å². The van der Waals surface area contributed by atoms with E-state index in [9.17, 15) is 14.7 Å². The molecular formula is C16H17KN4O3. The fraction of sp³-hybridized carbons (Fsp3) is 0.312. The molecule has 0 bridgehead atoms. The quantitative estimate of drug-likeness (QED) is 0.621. The summed E-state index contributed by atoms with van der Waals surface area (Å²) in [6.07, 6.45) is 5.34. The molecule has 8 heteroatoms. The third kappa shape index (κ3) is 4.90. The van der Waals surface area contributed by atoms with Crippen LogP contribution in [0.15, 0.2) is 36.7 Å². The molecule has 1 aliphatic carbocycles. The van der Waals surface area contributed by atoms with Crippen molar-refractivity contribution in [2.24, 2.45) is 7.05 Å². The number of aryl methyl sites for hydroxylation is 1. The number of nitrogens with one attached hydrogen (secondary N) is 1. The van der Waals surface area contributed by atoms with Crippen LogP contribution in [0.5, 0.6) is 0 Å². The Morgan fingerprint density at radius 3 is 2.46 bits per heavy atom. The Hall–Kier alpha value is -1.19. The van der Waals surface area contributed by atoms with E-state index in [1.807, 2.05) is 25.4 Å². The molecule has 1 N–H and O–H groups in total. The summed E-state index contributed by atoms with van der Waals surface area (Å²) in [4.78, 5) is 24.3. The van der Waals surface area contributed by atoms with Crippen LogP contribution in [0.4, 0.5) is 10.5 Å². The molecule has 0 aliphatic heterocycles. The van der Waals surface area contributed by atoms with Gasteiger partial charge in [0.1, 0.15) is 0 Å². The van der Waals surface area contributed by atoms with E-state index in [2.05, 4.69) is 10.4 Å². The molecule has 2 aromatic rings. The largest absolute Gasteiger partial charge is 1.00 e. The van der Waals surface area contributed by atoms with Crippen LogP contribution in [0.3, 0.4) is 0 Å². The summed E-state index contributed by atoms with van der Waals surface area (Å²) in [5, 5.41) is 17.6. The van der Waals surface area contributed by atoms with Gasteiger partial charge in [0, 0.05) is 30.5 Å². The molecule has 0 unspecified atom stereocenters. The Morgan fingerprint density at radius 2 is 1.96 bits per heavy atom. The van der Waals surface area contributed by atoms with Gasteiger partial charge in [-0.1, -0.05) is 12.1 Å². The third-order valence-corrected chi connectivity index (χ3v) is 3.72. The summed E-state index contributed by atoms with van der Waals surface area (Å²) < 4.78 is 1.72. The number of hydrogen-bond donors (Lipinski definition) is 1. The van der Waals surface area contributed by atoms with Crippen molar-refractivity contribution in [2.45, 2.75) is 18.9 Å². The van der Waals surface area contributed by atoms with Crippen LogP contribution in [0.1, 0.15) is 12.8 Å². The van der Waals surface area contributed by atoms with E-state index in [0.717, 1.165) is 24.0 Å². The van der Waals surface area contributed by atoms with Crippen molar-refractivity contribution >= 4 is 17.7 Å². The summed E-state index contributed by atoms with van der Waals surface area (Å²) >= 11 is 0. The number of anilines is 1. The molecule has 2 amide bonds. The second kappa shape index (κ2) is 8.26. The number of carbonyl (C=O) groups excluding carboxylic acids is 2. The average molecular weight is 352 g/mol. The number of carboxylic acids is 1. The number of aromatic nitrogens is 2. The maximum Gasteiger partial charge on any atom is 1.00 e. The van der Waals surface area contributed by atoms with Crippen molar-refractivity contribution in [3.05, 3.63) is 36.7 Å². The number of rotatable bonds is 5. The van der Waals surface area contributed by atoms with E-state index in [1.54, 1.807) is 23.0 Å². The van der Waals surface area contributed by atoms with E-state index in [1.165, 1.54) is 4.90 Å². The number of aliphatic carboxylic acids is 1. The number of carboxylic acid groups (broad SMARTS) is 1. The van der Waals surface area contributed by atoms with Gasteiger partial charge in [0.25, 0.3) is 0 Å². The first-order valence-electron chi connectivity index (χ1n) is 7.39. The zero-order chi connectivity index (χ0) is 16.4. The number of nitrogens with zero attached hydrogens (tertiary/aromatic N) is 3. The zero-order valence-electron chi connectivity index (χ0n) is 13.7. The Balaban J connectivity index is 0.00000208. The van der Waals surface area contributed by atoms with E-state index >= 15 is 0 Å². The Kier molecular flexibility index (Phi) is 6.59. The molecule has 120 valence electrons. The van der Waals surface area contributed by atoms with Crippen molar-refractivity contribution < 1.29 is 66.1 Å². The van der Waals surface area contributed by atoms with Gasteiger partial charge >= 0.3 is 57.4 Å². The number of benzene rings is 1. The molecule has 7 nitrogen and oxygen atoms in total. The predicted octanol–water partition coefficient (Wildman–Crippen LogP) is -2.16. The van der Waals surface area contributed by atoms with Crippen LogP contribution in [0.25, 0.3) is 11.1 Å². The van der Waals surface area contributed by atoms with E-state index in [0.29, 0.717) is 5.69 Å². The van der Waals surface area contributed by atoms with Crippen LogP contribution in [-0.2, 0) is 11.8 Å². The van der Waals surface area contributed by atoms with Gasteiger partial charge in [-0.25, -0.2) is 4.79 Å². The molecule has 1 fully saturated rings. The van der Waals surface area contributed by atoms with Gasteiger partial charge in [0.15, 0.2) is 0 Å². The first-order valence-corrected chi connectivity index (χ1v) is 7.39. The predicted molar refractivity (Wildman–Crippen MR) is 82.4 cm³/mol. The Bertz CT molecular complexity index is 725. The van der Waals surface area contributed by atoms with Crippen LogP contribution in [-0.4, -0.2) is 39.3 Å². The molecule has 0 saturated heterocycles. The molecule has 1 aliphatic rings. The van der Waals surface area contributed by atoms with E-state index in [4.69, 9.17) is 0 Å². The second-order valence-corrected chi connectivity index (χ2v) is 5.64. The number of amides is 2. The van der Waals surface area contributed by atoms with Gasteiger partial charge in [0.05, 0.1) is 18.7 Å². The summed E-state index contributed by atoms with van der Waals surface area (Å²) in [5.41, 5.74) is 2.60. The van der Waals surface area contributed by atoms with Crippen molar-refractivity contribution in [1.29, 1.82) is 0 Å². The number of urea groups is 1. The molecule has 1 aromatic heterocycles. The minimum atomic E-state index is -1.25. The van der Waals surface area contributed by atoms with E-state index in [-0.39, 0.29) is 64.0 Å². The minimum absolute atomic E-state index is 0.